The Bertz CT molecular complexity index is 810. The maximum Gasteiger partial charge on any atom is 0.259 e. The predicted octanol–water partition coefficient (Wildman–Crippen LogP) is 9.16. The first-order chi connectivity index (χ1) is 15.4. The molecule has 0 aliphatic heterocycles. The van der Waals surface area contributed by atoms with Crippen LogP contribution in [0, 0.1) is 5.92 Å². The van der Waals surface area contributed by atoms with Crippen LogP contribution in [0.3, 0.4) is 0 Å². The molecule has 1 aromatic carbocycles. The second kappa shape index (κ2) is 12.3. The van der Waals surface area contributed by atoms with Crippen LogP contribution in [0.5, 0.6) is 11.5 Å². The number of unbranched alkanes of at least 4 members (excludes halogenated alkanes) is 2. The number of alkyl halides is 2. The Morgan fingerprint density at radius 1 is 1.03 bits per heavy atom. The summed E-state index contributed by atoms with van der Waals surface area (Å²) in [4.78, 5) is 0. The highest BCUT2D eigenvalue weighted by molar-refractivity contribution is 6.78. The first-order valence-electron chi connectivity index (χ1n) is 12.4. The van der Waals surface area contributed by atoms with Gasteiger partial charge in [-0.2, -0.15) is 0 Å². The van der Waals surface area contributed by atoms with Crippen molar-refractivity contribution in [1.82, 2.24) is 0 Å². The van der Waals surface area contributed by atoms with Crippen molar-refractivity contribution >= 4 is 39.8 Å². The van der Waals surface area contributed by atoms with E-state index >= 15 is 0 Å². The average Bonchev–Trinajstić information content (AvgIpc) is 2.73. The van der Waals surface area contributed by atoms with Crippen molar-refractivity contribution in [3.63, 3.8) is 0 Å². The maximum atomic E-state index is 6.78. The van der Waals surface area contributed by atoms with E-state index in [0.29, 0.717) is 16.9 Å². The highest BCUT2D eigenvalue weighted by Gasteiger charge is 2.35. The molecule has 1 aliphatic carbocycles. The molecule has 2 atom stereocenters. The van der Waals surface area contributed by atoms with E-state index in [1.54, 1.807) is 0 Å². The zero-order valence-corrected chi connectivity index (χ0v) is 25.3. The van der Waals surface area contributed by atoms with Crippen LogP contribution in [-0.2, 0) is 6.42 Å². The maximum absolute atomic E-state index is 6.78. The Hall–Kier alpha value is -0.686. The number of benzene rings is 1. The molecule has 0 bridgehead atoms. The van der Waals surface area contributed by atoms with Gasteiger partial charge in [0.15, 0.2) is 0 Å². The molecule has 0 amide bonds. The topological polar surface area (TPSA) is 18.5 Å². The zero-order chi connectivity index (χ0) is 24.8. The first-order valence-corrected chi connectivity index (χ1v) is 19.7. The van der Waals surface area contributed by atoms with Gasteiger partial charge in [-0.3, -0.25) is 0 Å². The largest absolute Gasteiger partial charge is 0.543 e. The minimum Gasteiger partial charge on any atom is -0.543 e. The number of hydrogen-bond donors (Lipinski definition) is 0. The SMILES string of the molecule is C=C(C)[C@@H]1CCC(C)=C[C@H]1c1c(O[Si](C)(C)CCl)cc(CCCCC)cc1O[Si](C)(C)CCl. The number of hydrogen-bond acceptors (Lipinski definition) is 2. The molecule has 0 fully saturated rings. The van der Waals surface area contributed by atoms with E-state index in [-0.39, 0.29) is 5.92 Å². The van der Waals surface area contributed by atoms with Gasteiger partial charge in [0.25, 0.3) is 16.6 Å². The molecule has 2 rings (SSSR count). The Labute approximate surface area is 215 Å². The van der Waals surface area contributed by atoms with Gasteiger partial charge in [-0.15, -0.1) is 23.2 Å². The average molecular weight is 528 g/mol. The molecule has 0 aromatic heterocycles. The van der Waals surface area contributed by atoms with Crippen LogP contribution in [0.2, 0.25) is 26.2 Å². The minimum absolute atomic E-state index is 0.186. The van der Waals surface area contributed by atoms with Crippen LogP contribution in [0.4, 0.5) is 0 Å². The van der Waals surface area contributed by atoms with Gasteiger partial charge < -0.3 is 8.85 Å². The van der Waals surface area contributed by atoms with Gasteiger partial charge in [0.05, 0.1) is 11.0 Å². The molecule has 0 N–H and O–H groups in total. The lowest BCUT2D eigenvalue weighted by Crippen LogP contribution is -2.39. The zero-order valence-electron chi connectivity index (χ0n) is 21.8. The molecule has 1 aliphatic rings. The highest BCUT2D eigenvalue weighted by Crippen LogP contribution is 2.48. The fourth-order valence-corrected chi connectivity index (χ4v) is 6.40. The van der Waals surface area contributed by atoms with Crippen LogP contribution in [0.15, 0.2) is 35.9 Å². The van der Waals surface area contributed by atoms with Gasteiger partial charge in [0.1, 0.15) is 11.5 Å². The quantitative estimate of drug-likeness (QED) is 0.117. The lowest BCUT2D eigenvalue weighted by molar-refractivity contribution is 0.447. The third-order valence-electron chi connectivity index (χ3n) is 6.36. The summed E-state index contributed by atoms with van der Waals surface area (Å²) in [6.45, 7) is 19.7. The van der Waals surface area contributed by atoms with Gasteiger partial charge >= 0.3 is 0 Å². The van der Waals surface area contributed by atoms with E-state index < -0.39 is 16.6 Å². The van der Waals surface area contributed by atoms with E-state index in [1.165, 1.54) is 29.6 Å². The van der Waals surface area contributed by atoms with Gasteiger partial charge in [-0.1, -0.05) is 43.6 Å². The molecule has 2 nitrogen and oxygen atoms in total. The van der Waals surface area contributed by atoms with E-state index in [4.69, 9.17) is 32.1 Å². The van der Waals surface area contributed by atoms with Gasteiger partial charge in [0.2, 0.25) is 0 Å². The Morgan fingerprint density at radius 2 is 1.58 bits per heavy atom. The number of aryl methyl sites for hydroxylation is 1. The Kier molecular flexibility index (Phi) is 10.7. The molecular formula is C27H44Cl2O2Si2. The van der Waals surface area contributed by atoms with Crippen LogP contribution >= 0.6 is 23.2 Å². The van der Waals surface area contributed by atoms with Crippen molar-refractivity contribution in [2.75, 3.05) is 11.0 Å². The summed E-state index contributed by atoms with van der Waals surface area (Å²) < 4.78 is 13.6. The van der Waals surface area contributed by atoms with Gasteiger partial charge in [-0.25, -0.2) is 0 Å². The molecule has 0 spiro atoms. The molecular weight excluding hydrogens is 483 g/mol. The number of rotatable bonds is 12. The normalized spacial score (nSPS) is 19.2. The highest BCUT2D eigenvalue weighted by atomic mass is 35.5. The molecule has 0 unspecified atom stereocenters. The standard InChI is InChI=1S/C27H44Cl2O2Si2/c1-9-10-11-12-22-16-25(30-32(5,6)18-28)27(26(17-22)31-33(7,8)19-29)24-15-21(4)13-14-23(24)20(2)3/h15-17,23-24H,2,9-14,18-19H2,1,3-8H3/t23-,24+/m0/s1. The lowest BCUT2D eigenvalue weighted by Gasteiger charge is -2.36. The predicted molar refractivity (Wildman–Crippen MR) is 151 cm³/mol. The van der Waals surface area contributed by atoms with Crippen molar-refractivity contribution in [2.24, 2.45) is 5.92 Å². The first kappa shape index (κ1) is 28.6. The summed E-state index contributed by atoms with van der Waals surface area (Å²) in [5.74, 6) is 2.47. The van der Waals surface area contributed by atoms with Crippen molar-refractivity contribution in [1.29, 1.82) is 0 Å². The third kappa shape index (κ3) is 8.19. The fourth-order valence-electron chi connectivity index (χ4n) is 4.43. The minimum atomic E-state index is -2.08. The lowest BCUT2D eigenvalue weighted by atomic mass is 9.73. The molecule has 186 valence electrons. The molecule has 0 radical (unpaired) electrons. The summed E-state index contributed by atoms with van der Waals surface area (Å²) in [6, 6.07) is 4.53. The van der Waals surface area contributed by atoms with E-state index in [1.807, 2.05) is 0 Å². The van der Waals surface area contributed by atoms with E-state index in [2.05, 4.69) is 71.7 Å². The molecule has 0 saturated heterocycles. The summed E-state index contributed by atoms with van der Waals surface area (Å²) >= 11 is 12.7. The van der Waals surface area contributed by atoms with Gasteiger partial charge in [-0.05, 0) is 89.3 Å². The summed E-state index contributed by atoms with van der Waals surface area (Å²) in [7, 11) is -4.16. The fraction of sp³-hybridized carbons (Fsp3) is 0.630. The summed E-state index contributed by atoms with van der Waals surface area (Å²) in [5, 5.41) is 0. The molecule has 33 heavy (non-hydrogen) atoms. The smallest absolute Gasteiger partial charge is 0.259 e. The van der Waals surface area contributed by atoms with Crippen molar-refractivity contribution in [2.45, 2.75) is 91.4 Å². The van der Waals surface area contributed by atoms with Crippen LogP contribution < -0.4 is 8.85 Å². The molecule has 0 saturated carbocycles. The van der Waals surface area contributed by atoms with Crippen molar-refractivity contribution in [3.8, 4) is 11.5 Å². The summed E-state index contributed by atoms with van der Waals surface area (Å²) in [6.07, 6.45) is 9.24. The Morgan fingerprint density at radius 3 is 2.03 bits per heavy atom. The van der Waals surface area contributed by atoms with Crippen LogP contribution in [-0.4, -0.2) is 27.6 Å². The Balaban J connectivity index is 2.74. The van der Waals surface area contributed by atoms with Crippen molar-refractivity contribution < 1.29 is 8.85 Å². The van der Waals surface area contributed by atoms with Gasteiger partial charge in [0, 0.05) is 11.5 Å². The van der Waals surface area contributed by atoms with E-state index in [0.717, 1.165) is 42.7 Å². The molecule has 6 heteroatoms. The van der Waals surface area contributed by atoms with E-state index in [9.17, 15) is 0 Å². The summed E-state index contributed by atoms with van der Waals surface area (Å²) in [5.41, 5.74) is 6.18. The number of halogens is 2. The van der Waals surface area contributed by atoms with Crippen LogP contribution in [0.1, 0.15) is 69.9 Å². The monoisotopic (exact) mass is 526 g/mol. The molecule has 1 aromatic rings. The second-order valence-corrected chi connectivity index (χ2v) is 20.6. The third-order valence-corrected chi connectivity index (χ3v) is 13.1. The molecule has 0 heterocycles. The number of allylic oxidation sites excluding steroid dienone is 3. The second-order valence-electron chi connectivity index (χ2n) is 11.0. The van der Waals surface area contributed by atoms with Crippen molar-refractivity contribution in [3.05, 3.63) is 47.1 Å². The van der Waals surface area contributed by atoms with Crippen LogP contribution in [0.25, 0.3) is 0 Å².